The Morgan fingerprint density at radius 2 is 1.73 bits per heavy atom. The summed E-state index contributed by atoms with van der Waals surface area (Å²) in [5.74, 6) is -1.43. The number of rotatable bonds is 8. The highest BCUT2D eigenvalue weighted by Crippen LogP contribution is 2.46. The molecule has 5 aromatic rings. The molecule has 1 aliphatic carbocycles. The van der Waals surface area contributed by atoms with Crippen LogP contribution in [0.3, 0.4) is 0 Å². The average molecular weight is 641 g/mol. The van der Waals surface area contributed by atoms with Crippen molar-refractivity contribution in [3.8, 4) is 0 Å². The molecule has 4 heterocycles. The Morgan fingerprint density at radius 1 is 0.938 bits per heavy atom. The summed E-state index contributed by atoms with van der Waals surface area (Å²) < 4.78 is 1.94. The number of para-hydroxylation sites is 1. The van der Waals surface area contributed by atoms with E-state index in [1.54, 1.807) is 24.4 Å². The average Bonchev–Trinajstić information content (AvgIpc) is 3.72. The maximum Gasteiger partial charge on any atom is 0.255 e. The van der Waals surface area contributed by atoms with Crippen LogP contribution >= 0.6 is 0 Å². The van der Waals surface area contributed by atoms with Crippen LogP contribution < -0.4 is 16.0 Å². The van der Waals surface area contributed by atoms with Gasteiger partial charge in [0.1, 0.15) is 18.2 Å². The highest BCUT2D eigenvalue weighted by molar-refractivity contribution is 6.08. The number of fused-ring (bicyclic) bond motifs is 4. The smallest absolute Gasteiger partial charge is 0.255 e. The van der Waals surface area contributed by atoms with Crippen molar-refractivity contribution in [1.29, 1.82) is 0 Å². The zero-order valence-corrected chi connectivity index (χ0v) is 26.0. The molecule has 5 amide bonds. The minimum Gasteiger partial charge on any atom is -0.350 e. The van der Waals surface area contributed by atoms with Crippen LogP contribution in [0.1, 0.15) is 63.1 Å². The van der Waals surface area contributed by atoms with Gasteiger partial charge in [-0.15, -0.1) is 0 Å². The Balaban J connectivity index is 0.898. The predicted molar refractivity (Wildman–Crippen MR) is 176 cm³/mol. The topological polar surface area (TPSA) is 142 Å². The van der Waals surface area contributed by atoms with Crippen molar-refractivity contribution in [1.82, 2.24) is 30.4 Å². The molecular weight excluding hydrogens is 608 g/mol. The lowest BCUT2D eigenvalue weighted by Crippen LogP contribution is -2.52. The van der Waals surface area contributed by atoms with E-state index in [0.29, 0.717) is 23.2 Å². The van der Waals surface area contributed by atoms with Gasteiger partial charge in [-0.3, -0.25) is 29.3 Å². The van der Waals surface area contributed by atoms with Gasteiger partial charge >= 0.3 is 0 Å². The van der Waals surface area contributed by atoms with Gasteiger partial charge < -0.3 is 20.1 Å². The van der Waals surface area contributed by atoms with Crippen molar-refractivity contribution in [2.75, 3.05) is 0 Å². The Morgan fingerprint density at radius 3 is 2.52 bits per heavy atom. The lowest BCUT2D eigenvalue weighted by Gasteiger charge is -2.29. The quantitative estimate of drug-likeness (QED) is 0.221. The lowest BCUT2D eigenvalue weighted by molar-refractivity contribution is -0.137. The van der Waals surface area contributed by atoms with Crippen LogP contribution in [0, 0.1) is 0 Å². The molecule has 11 heteroatoms. The summed E-state index contributed by atoms with van der Waals surface area (Å²) in [6.45, 7) is 0.729. The van der Waals surface area contributed by atoms with Gasteiger partial charge in [0.2, 0.25) is 17.7 Å². The number of amides is 5. The van der Waals surface area contributed by atoms with Gasteiger partial charge in [-0.25, -0.2) is 4.98 Å². The maximum atomic E-state index is 13.4. The number of benzene rings is 3. The molecule has 240 valence electrons. The van der Waals surface area contributed by atoms with Gasteiger partial charge in [0.25, 0.3) is 11.8 Å². The van der Waals surface area contributed by atoms with Gasteiger partial charge in [0, 0.05) is 47.6 Å². The third-order valence-corrected chi connectivity index (χ3v) is 9.71. The third-order valence-electron chi connectivity index (χ3n) is 9.71. The lowest BCUT2D eigenvalue weighted by atomic mass is 10.0. The molecule has 11 nitrogen and oxygen atoms in total. The summed E-state index contributed by atoms with van der Waals surface area (Å²) in [4.78, 5) is 69.4. The fourth-order valence-corrected chi connectivity index (χ4v) is 6.99. The van der Waals surface area contributed by atoms with E-state index in [1.807, 2.05) is 65.2 Å². The second-order valence-corrected chi connectivity index (χ2v) is 12.8. The van der Waals surface area contributed by atoms with Crippen molar-refractivity contribution in [3.63, 3.8) is 0 Å². The van der Waals surface area contributed by atoms with E-state index >= 15 is 0 Å². The zero-order valence-electron chi connectivity index (χ0n) is 26.0. The van der Waals surface area contributed by atoms with Crippen LogP contribution in [0.15, 0.2) is 85.1 Å². The van der Waals surface area contributed by atoms with E-state index in [0.717, 1.165) is 45.9 Å². The first-order chi connectivity index (χ1) is 23.3. The number of piperidine rings is 1. The number of pyridine rings is 1. The van der Waals surface area contributed by atoms with Crippen molar-refractivity contribution in [2.45, 2.75) is 56.9 Å². The fourth-order valence-electron chi connectivity index (χ4n) is 6.99. The van der Waals surface area contributed by atoms with Crippen molar-refractivity contribution >= 4 is 51.5 Å². The molecule has 3 aliphatic rings. The number of carbonyl (C=O) groups excluding carboxylic acids is 5. The van der Waals surface area contributed by atoms with Crippen LogP contribution in [0.5, 0.6) is 0 Å². The second kappa shape index (κ2) is 11.4. The van der Waals surface area contributed by atoms with Crippen LogP contribution in [0.2, 0.25) is 0 Å². The van der Waals surface area contributed by atoms with Gasteiger partial charge in [0.15, 0.2) is 0 Å². The highest BCUT2D eigenvalue weighted by atomic mass is 16.2. The van der Waals surface area contributed by atoms with E-state index in [1.165, 1.54) is 4.90 Å². The van der Waals surface area contributed by atoms with Crippen molar-refractivity contribution in [2.24, 2.45) is 0 Å². The minimum atomic E-state index is -0.705. The van der Waals surface area contributed by atoms with Crippen LogP contribution in [-0.4, -0.2) is 50.0 Å². The largest absolute Gasteiger partial charge is 0.350 e. The van der Waals surface area contributed by atoms with E-state index in [-0.39, 0.29) is 49.6 Å². The summed E-state index contributed by atoms with van der Waals surface area (Å²) in [6.07, 6.45) is 3.80. The predicted octanol–water partition coefficient (Wildman–Crippen LogP) is 3.69. The second-order valence-electron chi connectivity index (χ2n) is 12.8. The molecule has 2 aromatic heterocycles. The monoisotopic (exact) mass is 640 g/mol. The number of hydrogen-bond donors (Lipinski definition) is 3. The number of nitrogens with one attached hydrogen (secondary N) is 3. The minimum absolute atomic E-state index is 0.116. The molecule has 1 saturated carbocycles. The molecule has 1 saturated heterocycles. The molecule has 3 aromatic carbocycles. The van der Waals surface area contributed by atoms with Gasteiger partial charge in [0.05, 0.1) is 11.1 Å². The van der Waals surface area contributed by atoms with Crippen LogP contribution in [0.4, 0.5) is 0 Å². The first kappa shape index (κ1) is 29.6. The summed E-state index contributed by atoms with van der Waals surface area (Å²) in [5, 5.41) is 10.6. The van der Waals surface area contributed by atoms with E-state index in [9.17, 15) is 24.0 Å². The fraction of sp³-hybridized carbons (Fsp3) is 0.243. The standard InChI is InChI=1S/C37H32N6O5/c44-31-14-13-30(35(47)40-31)43-20-24-18-23(9-12-26(24)36(43)48)34(46)41-37(15-16-37)25-10-7-22(8-11-25)19-39-32(45)21-42-29-6-2-1-4-27(29)28-5-3-17-38-33(28)42/h1-12,17-18,30H,13-16,19-21H2,(H,39,45)(H,41,46)(H,40,44,47). The van der Waals surface area contributed by atoms with Crippen LogP contribution in [-0.2, 0) is 39.6 Å². The Bertz CT molecular complexity index is 2110. The highest BCUT2D eigenvalue weighted by Gasteiger charge is 2.46. The van der Waals surface area contributed by atoms with E-state index < -0.39 is 17.5 Å². The normalized spacial score (nSPS) is 18.1. The van der Waals surface area contributed by atoms with E-state index in [2.05, 4.69) is 20.9 Å². The first-order valence-corrected chi connectivity index (χ1v) is 16.1. The van der Waals surface area contributed by atoms with E-state index in [4.69, 9.17) is 0 Å². The molecule has 0 spiro atoms. The SMILES string of the molecule is O=C(Cn1c2ccccc2c2cccnc21)NCc1ccc(C2(NC(=O)c3ccc4c(c3)CN(C3CCC(=O)NC3=O)C4=O)CC2)cc1. The maximum absolute atomic E-state index is 13.4. The zero-order chi connectivity index (χ0) is 33.0. The molecule has 8 rings (SSSR count). The number of hydrogen-bond acceptors (Lipinski definition) is 6. The third kappa shape index (κ3) is 5.17. The summed E-state index contributed by atoms with van der Waals surface area (Å²) in [5.41, 5.74) is 4.78. The molecule has 3 N–H and O–H groups in total. The van der Waals surface area contributed by atoms with Crippen molar-refractivity contribution in [3.05, 3.63) is 113 Å². The summed E-state index contributed by atoms with van der Waals surface area (Å²) in [6, 6.07) is 24.1. The Hall–Kier alpha value is -5.84. The molecular formula is C37H32N6O5. The Labute approximate surface area is 275 Å². The molecule has 2 aliphatic heterocycles. The number of imide groups is 1. The molecule has 0 radical (unpaired) electrons. The molecule has 2 fully saturated rings. The van der Waals surface area contributed by atoms with Gasteiger partial charge in [-0.05, 0) is 72.4 Å². The molecule has 1 atom stereocenters. The van der Waals surface area contributed by atoms with Crippen LogP contribution in [0.25, 0.3) is 21.9 Å². The number of nitrogens with zero attached hydrogens (tertiary/aromatic N) is 3. The van der Waals surface area contributed by atoms with Gasteiger partial charge in [-0.2, -0.15) is 0 Å². The molecule has 48 heavy (non-hydrogen) atoms. The number of aromatic nitrogens is 2. The summed E-state index contributed by atoms with van der Waals surface area (Å²) >= 11 is 0. The molecule has 1 unspecified atom stereocenters. The Kier molecular flexibility index (Phi) is 7.05. The summed E-state index contributed by atoms with van der Waals surface area (Å²) in [7, 11) is 0. The number of carbonyl (C=O) groups is 5. The first-order valence-electron chi connectivity index (χ1n) is 16.1. The van der Waals surface area contributed by atoms with Gasteiger partial charge in [-0.1, -0.05) is 42.5 Å². The van der Waals surface area contributed by atoms with Crippen molar-refractivity contribution < 1.29 is 24.0 Å². The molecule has 0 bridgehead atoms.